The summed E-state index contributed by atoms with van der Waals surface area (Å²) < 4.78 is 8.73. The fraction of sp³-hybridized carbons (Fsp3) is 0.364. The molecular formula is C11H13BrClN3O. The predicted octanol–water partition coefficient (Wildman–Crippen LogP) is 2.11. The lowest BCUT2D eigenvalue weighted by atomic mass is 10.2. The van der Waals surface area contributed by atoms with E-state index in [1.165, 1.54) is 0 Å². The number of nitrogens with one attached hydrogen (secondary N) is 1. The van der Waals surface area contributed by atoms with Crippen LogP contribution in [-0.2, 0) is 7.05 Å². The molecule has 1 saturated heterocycles. The molecule has 0 atom stereocenters. The average molecular weight is 319 g/mol. The molecule has 6 heteroatoms. The van der Waals surface area contributed by atoms with Gasteiger partial charge in [-0.05, 0) is 12.1 Å². The van der Waals surface area contributed by atoms with E-state index in [0.717, 1.165) is 34.2 Å². The maximum Gasteiger partial charge on any atom is 0.148 e. The van der Waals surface area contributed by atoms with Gasteiger partial charge in [-0.3, -0.25) is 4.68 Å². The number of benzene rings is 1. The molecule has 0 saturated carbocycles. The Morgan fingerprint density at radius 1 is 1.47 bits per heavy atom. The van der Waals surface area contributed by atoms with Crippen LogP contribution in [0.3, 0.4) is 0 Å². The normalized spacial score (nSPS) is 15.4. The summed E-state index contributed by atoms with van der Waals surface area (Å²) in [5.74, 6) is 0.866. The molecule has 1 aromatic carbocycles. The summed E-state index contributed by atoms with van der Waals surface area (Å²) in [4.78, 5) is 0. The van der Waals surface area contributed by atoms with Crippen LogP contribution >= 0.6 is 28.3 Å². The fourth-order valence-corrected chi connectivity index (χ4v) is 2.21. The van der Waals surface area contributed by atoms with Crippen LogP contribution in [0.5, 0.6) is 5.75 Å². The number of nitrogens with zero attached hydrogens (tertiary/aromatic N) is 2. The molecule has 4 nitrogen and oxygen atoms in total. The van der Waals surface area contributed by atoms with E-state index in [1.54, 1.807) is 4.68 Å². The Bertz CT molecular complexity index is 539. The van der Waals surface area contributed by atoms with Crippen molar-refractivity contribution in [2.24, 2.45) is 7.05 Å². The lowest BCUT2D eigenvalue weighted by Gasteiger charge is -2.27. The van der Waals surface area contributed by atoms with Gasteiger partial charge in [0.25, 0.3) is 0 Å². The van der Waals surface area contributed by atoms with E-state index in [2.05, 4.69) is 26.3 Å². The van der Waals surface area contributed by atoms with Crippen LogP contribution < -0.4 is 10.1 Å². The molecule has 3 rings (SSSR count). The van der Waals surface area contributed by atoms with Gasteiger partial charge in [0.1, 0.15) is 17.4 Å². The first-order valence-corrected chi connectivity index (χ1v) is 6.02. The van der Waals surface area contributed by atoms with Gasteiger partial charge in [0.15, 0.2) is 0 Å². The first-order valence-electron chi connectivity index (χ1n) is 5.23. The second kappa shape index (κ2) is 4.84. The maximum absolute atomic E-state index is 5.87. The van der Waals surface area contributed by atoms with Crippen LogP contribution in [0.1, 0.15) is 0 Å². The van der Waals surface area contributed by atoms with E-state index in [1.807, 2.05) is 25.4 Å². The van der Waals surface area contributed by atoms with Crippen molar-refractivity contribution >= 4 is 39.2 Å². The van der Waals surface area contributed by atoms with Crippen LogP contribution in [0.4, 0.5) is 0 Å². The van der Waals surface area contributed by atoms with Gasteiger partial charge in [0.2, 0.25) is 0 Å². The van der Waals surface area contributed by atoms with Gasteiger partial charge in [-0.2, -0.15) is 5.10 Å². The molecule has 1 aliphatic rings. The molecule has 0 amide bonds. The minimum Gasteiger partial charge on any atom is -0.485 e. The Morgan fingerprint density at radius 2 is 2.24 bits per heavy atom. The van der Waals surface area contributed by atoms with Gasteiger partial charge in [-0.15, -0.1) is 12.4 Å². The van der Waals surface area contributed by atoms with E-state index >= 15 is 0 Å². The number of halogens is 2. The zero-order valence-electron chi connectivity index (χ0n) is 9.31. The molecular weight excluding hydrogens is 305 g/mol. The van der Waals surface area contributed by atoms with Gasteiger partial charge in [-0.1, -0.05) is 15.9 Å². The van der Waals surface area contributed by atoms with E-state index in [-0.39, 0.29) is 18.5 Å². The third-order valence-electron chi connectivity index (χ3n) is 2.74. The van der Waals surface area contributed by atoms with Crippen LogP contribution in [0, 0.1) is 0 Å². The first-order chi connectivity index (χ1) is 7.74. The van der Waals surface area contributed by atoms with Gasteiger partial charge >= 0.3 is 0 Å². The molecule has 92 valence electrons. The van der Waals surface area contributed by atoms with Gasteiger partial charge in [0.05, 0.1) is 0 Å². The van der Waals surface area contributed by atoms with E-state index in [0.29, 0.717) is 0 Å². The minimum absolute atomic E-state index is 0. The van der Waals surface area contributed by atoms with Crippen molar-refractivity contribution in [2.75, 3.05) is 13.1 Å². The van der Waals surface area contributed by atoms with Crippen molar-refractivity contribution in [3.8, 4) is 5.75 Å². The highest BCUT2D eigenvalue weighted by molar-refractivity contribution is 9.10. The third-order valence-corrected chi connectivity index (χ3v) is 3.43. The zero-order valence-corrected chi connectivity index (χ0v) is 11.7. The van der Waals surface area contributed by atoms with Crippen LogP contribution in [0.15, 0.2) is 22.8 Å². The monoisotopic (exact) mass is 317 g/mol. The standard InChI is InChI=1S/C11H12BrN3O.ClH/c1-15-6-8-9(12)2-3-10(11(8)14-15)16-7-4-13-5-7;/h2-3,6-7,13H,4-5H2,1H3;1H. The van der Waals surface area contributed by atoms with E-state index in [9.17, 15) is 0 Å². The highest BCUT2D eigenvalue weighted by Gasteiger charge is 2.20. The second-order valence-electron chi connectivity index (χ2n) is 4.01. The SMILES string of the molecule is Cl.Cn1cc2c(Br)ccc(OC3CNC3)c2n1. The number of ether oxygens (including phenoxy) is 1. The first kappa shape index (κ1) is 12.7. The highest BCUT2D eigenvalue weighted by atomic mass is 79.9. The second-order valence-corrected chi connectivity index (χ2v) is 4.86. The molecule has 1 aromatic heterocycles. The Balaban J connectivity index is 0.00000108. The Hall–Kier alpha value is -0.780. The Kier molecular flexibility index (Phi) is 3.61. The van der Waals surface area contributed by atoms with Crippen molar-refractivity contribution in [2.45, 2.75) is 6.10 Å². The van der Waals surface area contributed by atoms with E-state index in [4.69, 9.17) is 4.74 Å². The quantitative estimate of drug-likeness (QED) is 0.922. The topological polar surface area (TPSA) is 39.1 Å². The number of fused-ring (bicyclic) bond motifs is 1. The Labute approximate surface area is 114 Å². The molecule has 0 bridgehead atoms. The van der Waals surface area contributed by atoms with Crippen LogP contribution in [0.2, 0.25) is 0 Å². The summed E-state index contributed by atoms with van der Waals surface area (Å²) in [5.41, 5.74) is 0.920. The van der Waals surface area contributed by atoms with E-state index < -0.39 is 0 Å². The fourth-order valence-electron chi connectivity index (χ4n) is 1.78. The third kappa shape index (κ3) is 2.27. The summed E-state index contributed by atoms with van der Waals surface area (Å²) in [6.07, 6.45) is 2.28. The molecule has 2 aromatic rings. The molecule has 1 aliphatic heterocycles. The van der Waals surface area contributed by atoms with Crippen molar-refractivity contribution in [3.63, 3.8) is 0 Å². The smallest absolute Gasteiger partial charge is 0.148 e. The van der Waals surface area contributed by atoms with Crippen molar-refractivity contribution in [1.82, 2.24) is 15.1 Å². The van der Waals surface area contributed by atoms with Gasteiger partial charge in [-0.25, -0.2) is 0 Å². The lowest BCUT2D eigenvalue weighted by molar-refractivity contribution is 0.144. The van der Waals surface area contributed by atoms with Crippen molar-refractivity contribution in [3.05, 3.63) is 22.8 Å². The molecule has 0 radical (unpaired) electrons. The van der Waals surface area contributed by atoms with Crippen molar-refractivity contribution < 1.29 is 4.74 Å². The molecule has 0 spiro atoms. The van der Waals surface area contributed by atoms with Crippen LogP contribution in [0.25, 0.3) is 10.9 Å². The molecule has 1 N–H and O–H groups in total. The summed E-state index contributed by atoms with van der Waals surface area (Å²) >= 11 is 3.52. The summed E-state index contributed by atoms with van der Waals surface area (Å²) in [7, 11) is 1.92. The number of rotatable bonds is 2. The molecule has 0 aliphatic carbocycles. The van der Waals surface area contributed by atoms with Crippen molar-refractivity contribution in [1.29, 1.82) is 0 Å². The largest absolute Gasteiger partial charge is 0.485 e. The predicted molar refractivity (Wildman–Crippen MR) is 72.9 cm³/mol. The summed E-state index contributed by atoms with van der Waals surface area (Å²) in [6.45, 7) is 1.84. The number of hydrogen-bond donors (Lipinski definition) is 1. The van der Waals surface area contributed by atoms with Crippen LogP contribution in [-0.4, -0.2) is 29.0 Å². The lowest BCUT2D eigenvalue weighted by Crippen LogP contribution is -2.50. The molecule has 2 heterocycles. The minimum atomic E-state index is 0. The maximum atomic E-state index is 5.87. The highest BCUT2D eigenvalue weighted by Crippen LogP contribution is 2.31. The summed E-state index contributed by atoms with van der Waals surface area (Å²) in [5, 5.41) is 8.70. The zero-order chi connectivity index (χ0) is 11.1. The number of aryl methyl sites for hydroxylation is 1. The molecule has 0 unspecified atom stereocenters. The van der Waals surface area contributed by atoms with Gasteiger partial charge < -0.3 is 10.1 Å². The average Bonchev–Trinajstić information content (AvgIpc) is 2.57. The molecule has 1 fully saturated rings. The Morgan fingerprint density at radius 3 is 2.88 bits per heavy atom. The number of hydrogen-bond acceptors (Lipinski definition) is 3. The van der Waals surface area contributed by atoms with Gasteiger partial charge in [0, 0.05) is 36.2 Å². The molecule has 17 heavy (non-hydrogen) atoms. The number of aromatic nitrogens is 2. The summed E-state index contributed by atoms with van der Waals surface area (Å²) in [6, 6.07) is 3.98.